The van der Waals surface area contributed by atoms with E-state index in [1.54, 1.807) is 30.9 Å². The topological polar surface area (TPSA) is 111 Å². The van der Waals surface area contributed by atoms with E-state index in [2.05, 4.69) is 18.7 Å². The van der Waals surface area contributed by atoms with E-state index in [0.29, 0.717) is 42.6 Å². The minimum absolute atomic E-state index is 0.131. The average Bonchev–Trinajstić information content (AvgIpc) is 3.03. The number of anilines is 1. The van der Waals surface area contributed by atoms with Crippen LogP contribution in [0.5, 0.6) is 0 Å². The van der Waals surface area contributed by atoms with Gasteiger partial charge in [-0.2, -0.15) is 0 Å². The molecule has 42 heavy (non-hydrogen) atoms. The zero-order valence-corrected chi connectivity index (χ0v) is 26.0. The molecule has 2 N–H and O–H groups in total. The van der Waals surface area contributed by atoms with Gasteiger partial charge in [-0.25, -0.2) is 14.2 Å². The van der Waals surface area contributed by atoms with Crippen LogP contribution in [0.3, 0.4) is 0 Å². The third-order valence-corrected chi connectivity index (χ3v) is 7.45. The highest BCUT2D eigenvalue weighted by Crippen LogP contribution is 2.31. The molecule has 0 saturated carbocycles. The fraction of sp³-hybridized carbons (Fsp3) is 0.484. The molecule has 1 saturated heterocycles. The Morgan fingerprint density at radius 1 is 1.10 bits per heavy atom. The SMILES string of the molecule is CC(C)C(C(N)=O)n1c(-c2ccc(F)c(Cl)c2)nc2ccc(N3CCN(C(=O)OC(C)(C)C)CC(C)(C)C3)cc2c1=O. The number of nitrogens with zero attached hydrogens (tertiary/aromatic N) is 4. The van der Waals surface area contributed by atoms with Crippen LogP contribution in [-0.2, 0) is 9.53 Å². The predicted molar refractivity (Wildman–Crippen MR) is 163 cm³/mol. The third kappa shape index (κ3) is 6.69. The number of benzene rings is 2. The number of primary amides is 1. The van der Waals surface area contributed by atoms with Gasteiger partial charge in [-0.3, -0.25) is 14.2 Å². The second-order valence-corrected chi connectivity index (χ2v) is 13.4. The Bertz CT molecular complexity index is 1580. The van der Waals surface area contributed by atoms with Gasteiger partial charge in [0.25, 0.3) is 5.56 Å². The number of rotatable bonds is 5. The molecule has 1 aliphatic heterocycles. The summed E-state index contributed by atoms with van der Waals surface area (Å²) in [7, 11) is 0. The smallest absolute Gasteiger partial charge is 0.410 e. The number of nitrogens with two attached hydrogens (primary N) is 1. The fourth-order valence-corrected chi connectivity index (χ4v) is 5.60. The predicted octanol–water partition coefficient (Wildman–Crippen LogP) is 5.62. The van der Waals surface area contributed by atoms with Gasteiger partial charge in [0.05, 0.1) is 15.9 Å². The molecule has 0 radical (unpaired) electrons. The maximum atomic E-state index is 14.1. The monoisotopic (exact) mass is 599 g/mol. The van der Waals surface area contributed by atoms with Crippen LogP contribution in [0.15, 0.2) is 41.2 Å². The number of halogens is 2. The molecule has 1 fully saturated rings. The van der Waals surface area contributed by atoms with E-state index in [4.69, 9.17) is 27.1 Å². The van der Waals surface area contributed by atoms with Gasteiger partial charge in [-0.05, 0) is 68.5 Å². The van der Waals surface area contributed by atoms with Crippen molar-refractivity contribution in [1.82, 2.24) is 14.5 Å². The maximum absolute atomic E-state index is 14.1. The highest BCUT2D eigenvalue weighted by Gasteiger charge is 2.34. The summed E-state index contributed by atoms with van der Waals surface area (Å²) >= 11 is 6.06. The van der Waals surface area contributed by atoms with E-state index < -0.39 is 28.9 Å². The first-order valence-corrected chi connectivity index (χ1v) is 14.4. The normalized spacial score (nSPS) is 16.4. The Kier molecular flexibility index (Phi) is 8.60. The van der Waals surface area contributed by atoms with Crippen molar-refractivity contribution < 1.29 is 18.7 Å². The van der Waals surface area contributed by atoms with Gasteiger partial charge < -0.3 is 20.3 Å². The van der Waals surface area contributed by atoms with Gasteiger partial charge in [-0.1, -0.05) is 39.3 Å². The van der Waals surface area contributed by atoms with Gasteiger partial charge in [0.2, 0.25) is 5.91 Å². The van der Waals surface area contributed by atoms with Crippen LogP contribution in [0, 0.1) is 17.2 Å². The molecule has 0 spiro atoms. The molecule has 1 aliphatic rings. The molecule has 2 amide bonds. The van der Waals surface area contributed by atoms with Crippen molar-refractivity contribution in [3.8, 4) is 11.4 Å². The van der Waals surface area contributed by atoms with Crippen molar-refractivity contribution in [3.05, 3.63) is 57.6 Å². The summed E-state index contributed by atoms with van der Waals surface area (Å²) in [5, 5.41) is 0.176. The molecular formula is C31H39ClFN5O4. The Labute approximate surface area is 250 Å². The lowest BCUT2D eigenvalue weighted by atomic mass is 9.92. The summed E-state index contributed by atoms with van der Waals surface area (Å²) in [6.45, 7) is 15.4. The number of carbonyl (C=O) groups is 2. The van der Waals surface area contributed by atoms with E-state index in [9.17, 15) is 18.8 Å². The van der Waals surface area contributed by atoms with E-state index in [-0.39, 0.29) is 28.3 Å². The molecule has 0 aliphatic carbocycles. The lowest BCUT2D eigenvalue weighted by Crippen LogP contribution is -2.42. The van der Waals surface area contributed by atoms with Crippen LogP contribution in [0.4, 0.5) is 14.9 Å². The Hall–Kier alpha value is -3.66. The summed E-state index contributed by atoms with van der Waals surface area (Å²) in [4.78, 5) is 48.3. The maximum Gasteiger partial charge on any atom is 0.410 e. The summed E-state index contributed by atoms with van der Waals surface area (Å²) in [5.74, 6) is -1.46. The van der Waals surface area contributed by atoms with Crippen molar-refractivity contribution in [1.29, 1.82) is 0 Å². The van der Waals surface area contributed by atoms with Gasteiger partial charge in [0.1, 0.15) is 23.3 Å². The fourth-order valence-electron chi connectivity index (χ4n) is 5.42. The molecule has 11 heteroatoms. The standard InChI is InChI=1S/C31H39ClFN5O4/c1-18(2)25(26(34)39)38-27(19-8-10-23(33)22(32)14-19)35-24-11-9-20(15-21(24)28(38)40)36-12-13-37(17-31(6,7)16-36)29(41)42-30(3,4)5/h8-11,14-15,18,25H,12-13,16-17H2,1-7H3,(H2,34,39). The molecular weight excluding hydrogens is 561 g/mol. The molecule has 4 rings (SSSR count). The first-order chi connectivity index (χ1) is 19.5. The number of amides is 2. The number of fused-ring (bicyclic) bond motifs is 1. The van der Waals surface area contributed by atoms with Gasteiger partial charge in [0, 0.05) is 37.4 Å². The third-order valence-electron chi connectivity index (χ3n) is 7.16. The molecule has 226 valence electrons. The molecule has 3 aromatic rings. The van der Waals surface area contributed by atoms with E-state index in [1.807, 2.05) is 26.8 Å². The van der Waals surface area contributed by atoms with E-state index in [1.165, 1.54) is 22.8 Å². The van der Waals surface area contributed by atoms with Crippen LogP contribution in [-0.4, -0.2) is 58.2 Å². The second-order valence-electron chi connectivity index (χ2n) is 13.0. The Balaban J connectivity index is 1.82. The lowest BCUT2D eigenvalue weighted by Gasteiger charge is -2.32. The molecule has 1 unspecified atom stereocenters. The summed E-state index contributed by atoms with van der Waals surface area (Å²) in [6.07, 6.45) is -0.359. The van der Waals surface area contributed by atoms with Gasteiger partial charge in [0.15, 0.2) is 0 Å². The van der Waals surface area contributed by atoms with Crippen LogP contribution in [0.2, 0.25) is 5.02 Å². The van der Waals surface area contributed by atoms with Crippen molar-refractivity contribution in [2.75, 3.05) is 31.1 Å². The zero-order chi connectivity index (χ0) is 31.1. The highest BCUT2D eigenvalue weighted by atomic mass is 35.5. The van der Waals surface area contributed by atoms with Crippen LogP contribution in [0.1, 0.15) is 54.5 Å². The summed E-state index contributed by atoms with van der Waals surface area (Å²) in [6, 6.07) is 8.43. The molecule has 2 aromatic carbocycles. The van der Waals surface area contributed by atoms with Crippen molar-refractivity contribution in [3.63, 3.8) is 0 Å². The van der Waals surface area contributed by atoms with Crippen LogP contribution in [0.25, 0.3) is 22.3 Å². The second kappa shape index (κ2) is 11.6. The van der Waals surface area contributed by atoms with Crippen molar-refractivity contribution in [2.45, 2.75) is 60.1 Å². The Morgan fingerprint density at radius 3 is 2.38 bits per heavy atom. The van der Waals surface area contributed by atoms with Gasteiger partial charge in [-0.15, -0.1) is 0 Å². The van der Waals surface area contributed by atoms with Crippen LogP contribution < -0.4 is 16.2 Å². The largest absolute Gasteiger partial charge is 0.444 e. The van der Waals surface area contributed by atoms with Gasteiger partial charge >= 0.3 is 6.09 Å². The molecule has 0 bridgehead atoms. The zero-order valence-electron chi connectivity index (χ0n) is 25.2. The van der Waals surface area contributed by atoms with Crippen LogP contribution >= 0.6 is 11.6 Å². The summed E-state index contributed by atoms with van der Waals surface area (Å²) < 4.78 is 20.9. The number of aromatic nitrogens is 2. The first-order valence-electron chi connectivity index (χ1n) is 14.0. The number of hydrogen-bond donors (Lipinski definition) is 1. The van der Waals surface area contributed by atoms with Crippen molar-refractivity contribution in [2.24, 2.45) is 17.1 Å². The highest BCUT2D eigenvalue weighted by molar-refractivity contribution is 6.31. The minimum Gasteiger partial charge on any atom is -0.444 e. The molecule has 1 aromatic heterocycles. The summed E-state index contributed by atoms with van der Waals surface area (Å²) in [5.41, 5.74) is 6.04. The molecule has 9 nitrogen and oxygen atoms in total. The van der Waals surface area contributed by atoms with E-state index >= 15 is 0 Å². The lowest BCUT2D eigenvalue weighted by molar-refractivity contribution is -0.122. The number of carbonyl (C=O) groups excluding carboxylic acids is 2. The molecule has 2 heterocycles. The van der Waals surface area contributed by atoms with Crippen molar-refractivity contribution >= 4 is 40.2 Å². The average molecular weight is 600 g/mol. The minimum atomic E-state index is -1.00. The quantitative estimate of drug-likeness (QED) is 0.407. The van der Waals surface area contributed by atoms with E-state index in [0.717, 1.165) is 5.69 Å². The Morgan fingerprint density at radius 2 is 1.79 bits per heavy atom. The number of hydrogen-bond acceptors (Lipinski definition) is 6. The first kappa shape index (κ1) is 31.3. The molecule has 1 atom stereocenters. The number of ether oxygens (including phenoxy) is 1.